The van der Waals surface area contributed by atoms with E-state index in [0.717, 1.165) is 19.3 Å². The van der Waals surface area contributed by atoms with Crippen LogP contribution in [-0.4, -0.2) is 39.2 Å². The first-order chi connectivity index (χ1) is 11.1. The third kappa shape index (κ3) is 3.44. The third-order valence-electron chi connectivity index (χ3n) is 5.07. The van der Waals surface area contributed by atoms with Gasteiger partial charge in [0.1, 0.15) is 0 Å². The van der Waals surface area contributed by atoms with E-state index in [1.165, 1.54) is 0 Å². The van der Waals surface area contributed by atoms with Crippen LogP contribution in [0.25, 0.3) is 0 Å². The summed E-state index contributed by atoms with van der Waals surface area (Å²) in [5, 5.41) is 0.549. The van der Waals surface area contributed by atoms with E-state index in [-0.39, 0.29) is 24.1 Å². The molecule has 4 atom stereocenters. The fraction of sp³-hybridized carbons (Fsp3) is 0.647. The van der Waals surface area contributed by atoms with Crippen molar-refractivity contribution in [2.75, 3.05) is 0 Å². The topological polar surface area (TPSA) is 46.6 Å². The summed E-state index contributed by atoms with van der Waals surface area (Å²) < 4.78 is 34.4. The Morgan fingerprint density at radius 2 is 1.79 bits per heavy atom. The van der Waals surface area contributed by atoms with Crippen LogP contribution in [-0.2, 0) is 14.4 Å². The number of fused-ring (bicyclic) bond motifs is 2. The predicted octanol–water partition coefficient (Wildman–Crippen LogP) is 4.12. The van der Waals surface area contributed by atoms with Gasteiger partial charge in [-0.1, -0.05) is 18.5 Å². The third-order valence-corrected chi connectivity index (χ3v) is 8.33. The maximum atomic E-state index is 13.1. The zero-order valence-electron chi connectivity index (χ0n) is 14.7. The quantitative estimate of drug-likeness (QED) is 0.730. The van der Waals surface area contributed by atoms with Crippen LogP contribution in [0.2, 0.25) is 24.7 Å². The van der Waals surface area contributed by atoms with Crippen molar-refractivity contribution in [2.24, 2.45) is 5.92 Å². The molecule has 1 aromatic rings. The molecule has 2 fully saturated rings. The average Bonchev–Trinajstić information content (AvgIpc) is 2.82. The standard InChI is InChI=1S/C17H26ClNO3SSi/c1-12-16-10-7-14(11-17(12)22-24(2,3)4)19(16)23(20,21)15-8-5-13(18)6-9-15/h5-6,8-9,12,14,16-17H,7,10-11H2,1-4H3. The molecule has 0 saturated carbocycles. The molecule has 0 aliphatic carbocycles. The van der Waals surface area contributed by atoms with Gasteiger partial charge in [-0.05, 0) is 69.1 Å². The van der Waals surface area contributed by atoms with Crippen molar-refractivity contribution in [3.8, 4) is 0 Å². The molecule has 134 valence electrons. The van der Waals surface area contributed by atoms with E-state index in [1.807, 2.05) is 0 Å². The highest BCUT2D eigenvalue weighted by Crippen LogP contribution is 2.44. The summed E-state index contributed by atoms with van der Waals surface area (Å²) in [5.74, 6) is 0.220. The van der Waals surface area contributed by atoms with E-state index in [2.05, 4.69) is 26.6 Å². The SMILES string of the molecule is CC1C(O[Si](C)(C)C)CC2CCC1N2S(=O)(=O)c1ccc(Cl)cc1. The number of rotatable bonds is 4. The van der Waals surface area contributed by atoms with E-state index in [1.54, 1.807) is 28.6 Å². The summed E-state index contributed by atoms with van der Waals surface area (Å²) >= 11 is 5.90. The van der Waals surface area contributed by atoms with Crippen LogP contribution in [0.15, 0.2) is 29.2 Å². The summed E-state index contributed by atoms with van der Waals surface area (Å²) in [4.78, 5) is 0.334. The lowest BCUT2D eigenvalue weighted by atomic mass is 9.91. The highest BCUT2D eigenvalue weighted by atomic mass is 35.5. The lowest BCUT2D eigenvalue weighted by molar-refractivity contribution is 0.0383. The van der Waals surface area contributed by atoms with Gasteiger partial charge in [-0.2, -0.15) is 4.31 Å². The maximum absolute atomic E-state index is 13.1. The average molecular weight is 388 g/mol. The second kappa shape index (κ2) is 6.40. The molecule has 1 aromatic carbocycles. The first kappa shape index (κ1) is 18.4. The molecule has 2 aliphatic rings. The Bertz CT molecular complexity index is 702. The van der Waals surface area contributed by atoms with Crippen LogP contribution < -0.4 is 0 Å². The van der Waals surface area contributed by atoms with Gasteiger partial charge in [0.05, 0.1) is 11.0 Å². The molecule has 0 radical (unpaired) electrons. The Labute approximate surface area is 151 Å². The molecule has 2 heterocycles. The van der Waals surface area contributed by atoms with Gasteiger partial charge in [-0.25, -0.2) is 8.42 Å². The van der Waals surface area contributed by atoms with Crippen molar-refractivity contribution in [3.63, 3.8) is 0 Å². The van der Waals surface area contributed by atoms with Crippen molar-refractivity contribution < 1.29 is 12.8 Å². The van der Waals surface area contributed by atoms with Crippen molar-refractivity contribution in [1.82, 2.24) is 4.31 Å². The van der Waals surface area contributed by atoms with E-state index in [0.29, 0.717) is 9.92 Å². The van der Waals surface area contributed by atoms with Gasteiger partial charge in [0, 0.05) is 17.1 Å². The summed E-state index contributed by atoms with van der Waals surface area (Å²) in [6.45, 7) is 8.72. The minimum Gasteiger partial charge on any atom is -0.414 e. The van der Waals surface area contributed by atoms with Crippen molar-refractivity contribution in [2.45, 2.75) is 68.9 Å². The number of benzene rings is 1. The lowest BCUT2D eigenvalue weighted by Crippen LogP contribution is -2.54. The van der Waals surface area contributed by atoms with Crippen molar-refractivity contribution in [3.05, 3.63) is 29.3 Å². The Hall–Kier alpha value is -0.403. The highest BCUT2D eigenvalue weighted by Gasteiger charge is 2.51. The van der Waals surface area contributed by atoms with Gasteiger partial charge in [0.15, 0.2) is 8.32 Å². The maximum Gasteiger partial charge on any atom is 0.243 e. The van der Waals surface area contributed by atoms with Gasteiger partial charge in [-0.15, -0.1) is 0 Å². The van der Waals surface area contributed by atoms with E-state index >= 15 is 0 Å². The van der Waals surface area contributed by atoms with Crippen molar-refractivity contribution in [1.29, 1.82) is 0 Å². The van der Waals surface area contributed by atoms with Crippen LogP contribution in [0.4, 0.5) is 0 Å². The molecule has 0 aromatic heterocycles. The number of nitrogens with zero attached hydrogens (tertiary/aromatic N) is 1. The number of hydrogen-bond acceptors (Lipinski definition) is 3. The molecule has 0 N–H and O–H groups in total. The summed E-state index contributed by atoms with van der Waals surface area (Å²) in [7, 11) is -5.12. The van der Waals surface area contributed by atoms with Gasteiger partial charge in [0.2, 0.25) is 10.0 Å². The number of piperidine rings is 1. The molecule has 0 spiro atoms. The number of hydrogen-bond donors (Lipinski definition) is 0. The molecule has 2 saturated heterocycles. The van der Waals surface area contributed by atoms with Crippen LogP contribution in [0.3, 0.4) is 0 Å². The molecule has 2 bridgehead atoms. The molecular formula is C17H26ClNO3SSi. The summed E-state index contributed by atoms with van der Waals surface area (Å²) in [5.41, 5.74) is 0. The monoisotopic (exact) mass is 387 g/mol. The lowest BCUT2D eigenvalue weighted by Gasteiger charge is -2.44. The van der Waals surface area contributed by atoms with E-state index in [9.17, 15) is 8.42 Å². The Morgan fingerprint density at radius 1 is 1.17 bits per heavy atom. The van der Waals surface area contributed by atoms with Gasteiger partial charge in [0.25, 0.3) is 0 Å². The zero-order chi connectivity index (χ0) is 17.7. The second-order valence-electron chi connectivity index (χ2n) is 7.95. The summed E-state index contributed by atoms with van der Waals surface area (Å²) in [6.07, 6.45) is 2.82. The first-order valence-electron chi connectivity index (χ1n) is 8.56. The molecule has 2 aliphatic heterocycles. The van der Waals surface area contributed by atoms with Crippen LogP contribution in [0, 0.1) is 5.92 Å². The molecule has 7 heteroatoms. The van der Waals surface area contributed by atoms with E-state index in [4.69, 9.17) is 16.0 Å². The van der Waals surface area contributed by atoms with Gasteiger partial charge in [-0.3, -0.25) is 0 Å². The van der Waals surface area contributed by atoms with Crippen molar-refractivity contribution >= 4 is 29.9 Å². The minimum atomic E-state index is -3.48. The van der Waals surface area contributed by atoms with Gasteiger partial charge < -0.3 is 4.43 Å². The number of sulfonamides is 1. The normalized spacial score (nSPS) is 31.4. The van der Waals surface area contributed by atoms with Crippen LogP contribution in [0.5, 0.6) is 0 Å². The molecule has 0 amide bonds. The Kier molecular flexibility index (Phi) is 4.90. The van der Waals surface area contributed by atoms with E-state index < -0.39 is 18.3 Å². The Morgan fingerprint density at radius 3 is 2.38 bits per heavy atom. The molecule has 24 heavy (non-hydrogen) atoms. The molecule has 4 unspecified atom stereocenters. The fourth-order valence-corrected chi connectivity index (χ4v) is 7.35. The second-order valence-corrected chi connectivity index (χ2v) is 14.7. The largest absolute Gasteiger partial charge is 0.414 e. The molecular weight excluding hydrogens is 362 g/mol. The van der Waals surface area contributed by atoms with Crippen LogP contribution in [0.1, 0.15) is 26.2 Å². The van der Waals surface area contributed by atoms with Gasteiger partial charge >= 0.3 is 0 Å². The van der Waals surface area contributed by atoms with Crippen LogP contribution >= 0.6 is 11.6 Å². The zero-order valence-corrected chi connectivity index (χ0v) is 17.3. The molecule has 3 rings (SSSR count). The highest BCUT2D eigenvalue weighted by molar-refractivity contribution is 7.89. The molecule has 4 nitrogen and oxygen atoms in total. The first-order valence-corrected chi connectivity index (χ1v) is 13.8. The fourth-order valence-electron chi connectivity index (χ4n) is 4.05. The Balaban J connectivity index is 1.87. The minimum absolute atomic E-state index is 0.0331. The predicted molar refractivity (Wildman–Crippen MR) is 99.3 cm³/mol. The smallest absolute Gasteiger partial charge is 0.243 e. The number of halogens is 1. The summed E-state index contributed by atoms with van der Waals surface area (Å²) in [6, 6.07) is 6.57.